The van der Waals surface area contributed by atoms with Crippen molar-refractivity contribution in [3.8, 4) is 0 Å². The van der Waals surface area contributed by atoms with Crippen molar-refractivity contribution in [2.24, 2.45) is 0 Å². The van der Waals surface area contributed by atoms with E-state index in [1.165, 1.54) is 14.0 Å². The number of aromatic amines is 2. The predicted molar refractivity (Wildman–Crippen MR) is 102 cm³/mol. The van der Waals surface area contributed by atoms with E-state index in [-0.39, 0.29) is 11.4 Å². The van der Waals surface area contributed by atoms with E-state index in [0.717, 1.165) is 0 Å². The van der Waals surface area contributed by atoms with Crippen LogP contribution in [0.3, 0.4) is 0 Å². The summed E-state index contributed by atoms with van der Waals surface area (Å²) < 4.78 is 10.1. The van der Waals surface area contributed by atoms with Crippen molar-refractivity contribution in [3.05, 3.63) is 45.0 Å². The van der Waals surface area contributed by atoms with Gasteiger partial charge in [-0.1, -0.05) is 0 Å². The minimum absolute atomic E-state index is 0.197. The summed E-state index contributed by atoms with van der Waals surface area (Å²) in [5.41, 5.74) is 3.51. The van der Waals surface area contributed by atoms with E-state index >= 15 is 0 Å². The van der Waals surface area contributed by atoms with Gasteiger partial charge in [0.15, 0.2) is 6.10 Å². The molecule has 2 atom stereocenters. The smallest absolute Gasteiger partial charge is 0.355 e. The van der Waals surface area contributed by atoms with Crippen LogP contribution in [0.4, 0.5) is 0 Å². The molecule has 3 N–H and O–H groups in total. The number of Topliss-reactive ketones (excluding diaryl/α,β-unsaturated/α-hetero) is 1. The van der Waals surface area contributed by atoms with Crippen molar-refractivity contribution in [1.82, 2.24) is 9.97 Å². The van der Waals surface area contributed by atoms with Crippen LogP contribution >= 0.6 is 0 Å². The largest absolute Gasteiger partial charge is 0.465 e. The number of rotatable bonds is 6. The van der Waals surface area contributed by atoms with Crippen LogP contribution in [0.15, 0.2) is 0 Å². The lowest BCUT2D eigenvalue weighted by molar-refractivity contribution is 0.0310. The molecule has 8 nitrogen and oxygen atoms in total. The van der Waals surface area contributed by atoms with Crippen molar-refractivity contribution >= 4 is 17.7 Å². The summed E-state index contributed by atoms with van der Waals surface area (Å²) in [6.45, 7) is 9.82. The number of aliphatic hydroxyl groups excluding tert-OH is 1. The van der Waals surface area contributed by atoms with E-state index in [9.17, 15) is 19.5 Å². The Bertz CT molecular complexity index is 935. The average Bonchev–Trinajstić information content (AvgIpc) is 3.08. The zero-order chi connectivity index (χ0) is 21.3. The molecule has 2 aromatic rings. The molecule has 28 heavy (non-hydrogen) atoms. The van der Waals surface area contributed by atoms with Gasteiger partial charge in [-0.05, 0) is 52.7 Å². The van der Waals surface area contributed by atoms with E-state index < -0.39 is 29.9 Å². The molecule has 0 radical (unpaired) electrons. The van der Waals surface area contributed by atoms with Crippen LogP contribution in [0.1, 0.15) is 79.4 Å². The van der Waals surface area contributed by atoms with Gasteiger partial charge in [-0.15, -0.1) is 0 Å². The first-order chi connectivity index (χ1) is 13.0. The second-order valence-electron chi connectivity index (χ2n) is 6.87. The molecule has 152 valence electrons. The van der Waals surface area contributed by atoms with Gasteiger partial charge in [0.25, 0.3) is 0 Å². The molecular formula is C20H26N2O6. The Labute approximate surface area is 163 Å². The number of methoxy groups -OCH3 is 1. The summed E-state index contributed by atoms with van der Waals surface area (Å²) >= 11 is 0. The quantitative estimate of drug-likeness (QED) is 0.515. The lowest BCUT2D eigenvalue weighted by Gasteiger charge is -2.12. The molecule has 2 aromatic heterocycles. The Morgan fingerprint density at radius 1 is 0.893 bits per heavy atom. The number of esters is 2. The summed E-state index contributed by atoms with van der Waals surface area (Å²) in [6, 6.07) is 0. The van der Waals surface area contributed by atoms with Gasteiger partial charge in [0.1, 0.15) is 5.69 Å². The first kappa shape index (κ1) is 21.4. The van der Waals surface area contributed by atoms with Crippen LogP contribution < -0.4 is 0 Å². The van der Waals surface area contributed by atoms with Gasteiger partial charge in [-0.2, -0.15) is 0 Å². The zero-order valence-corrected chi connectivity index (χ0v) is 17.1. The number of hydrogen-bond acceptors (Lipinski definition) is 6. The molecule has 0 aromatic carbocycles. The summed E-state index contributed by atoms with van der Waals surface area (Å²) in [6.07, 6.45) is -1.81. The van der Waals surface area contributed by atoms with Crippen LogP contribution in [-0.4, -0.2) is 46.0 Å². The first-order valence-corrected chi connectivity index (χ1v) is 8.90. The Morgan fingerprint density at radius 2 is 1.46 bits per heavy atom. The summed E-state index contributed by atoms with van der Waals surface area (Å²) in [5, 5.41) is 9.86. The molecule has 0 bridgehead atoms. The maximum Gasteiger partial charge on any atom is 0.355 e. The van der Waals surface area contributed by atoms with Crippen molar-refractivity contribution < 1.29 is 29.0 Å². The lowest BCUT2D eigenvalue weighted by atomic mass is 10.1. The fourth-order valence-electron chi connectivity index (χ4n) is 3.48. The zero-order valence-electron chi connectivity index (χ0n) is 17.1. The predicted octanol–water partition coefficient (Wildman–Crippen LogP) is 2.84. The van der Waals surface area contributed by atoms with Crippen LogP contribution in [0.2, 0.25) is 0 Å². The normalized spacial score (nSPS) is 13.1. The third-order valence-corrected chi connectivity index (χ3v) is 4.84. The minimum Gasteiger partial charge on any atom is -0.465 e. The topological polar surface area (TPSA) is 121 Å². The van der Waals surface area contributed by atoms with Gasteiger partial charge < -0.3 is 24.5 Å². The third kappa shape index (κ3) is 3.73. The molecule has 2 rings (SSSR count). The monoisotopic (exact) mass is 390 g/mol. The second-order valence-corrected chi connectivity index (χ2v) is 6.87. The van der Waals surface area contributed by atoms with Gasteiger partial charge in [-0.25, -0.2) is 9.59 Å². The maximum absolute atomic E-state index is 12.8. The maximum atomic E-state index is 12.8. The number of ketones is 1. The van der Waals surface area contributed by atoms with Crippen LogP contribution in [0.25, 0.3) is 0 Å². The average molecular weight is 390 g/mol. The Balaban J connectivity index is 2.25. The minimum atomic E-state index is -1.08. The van der Waals surface area contributed by atoms with Crippen LogP contribution in [-0.2, 0) is 9.47 Å². The standard InChI is InChI=1S/C20H26N2O6/c1-8-14(12(5)23)10(3)22-17(8)20(26)28-13(6)18(24)16-9(2)15(11(4)21-16)19(25)27-7/h12-13,21-23H,1-7H3/t12-,13+/m0/s1. The van der Waals surface area contributed by atoms with Gasteiger partial charge in [0, 0.05) is 17.0 Å². The number of carbonyl (C=O) groups excluding carboxylic acids is 3. The van der Waals surface area contributed by atoms with Gasteiger partial charge in [-0.3, -0.25) is 4.79 Å². The highest BCUT2D eigenvalue weighted by Crippen LogP contribution is 2.26. The number of carbonyl (C=O) groups is 3. The number of H-pyrrole nitrogens is 2. The Kier molecular flexibility index (Phi) is 6.14. The second kappa shape index (κ2) is 8.02. The fraction of sp³-hybridized carbons (Fsp3) is 0.450. The number of aromatic nitrogens is 2. The molecule has 0 aliphatic heterocycles. The molecular weight excluding hydrogens is 364 g/mol. The van der Waals surface area contributed by atoms with E-state index in [2.05, 4.69) is 9.97 Å². The number of aryl methyl sites for hydroxylation is 2. The van der Waals surface area contributed by atoms with Crippen LogP contribution in [0.5, 0.6) is 0 Å². The number of aliphatic hydroxyl groups is 1. The molecule has 0 unspecified atom stereocenters. The SMILES string of the molecule is COC(=O)c1c(C)[nH]c(C(=O)[C@@H](C)OC(=O)c2[nH]c(C)c([C@H](C)O)c2C)c1C. The van der Waals surface area contributed by atoms with E-state index in [1.807, 2.05) is 0 Å². The molecule has 0 aliphatic rings. The van der Waals surface area contributed by atoms with E-state index in [0.29, 0.717) is 33.6 Å². The third-order valence-electron chi connectivity index (χ3n) is 4.84. The van der Waals surface area contributed by atoms with Crippen molar-refractivity contribution in [3.63, 3.8) is 0 Å². The fourth-order valence-corrected chi connectivity index (χ4v) is 3.48. The molecule has 0 amide bonds. The van der Waals surface area contributed by atoms with Gasteiger partial charge in [0.2, 0.25) is 5.78 Å². The van der Waals surface area contributed by atoms with Crippen molar-refractivity contribution in [2.45, 2.75) is 53.8 Å². The molecule has 8 heteroatoms. The molecule has 0 saturated carbocycles. The van der Waals surface area contributed by atoms with Gasteiger partial charge in [0.05, 0.1) is 24.5 Å². The molecule has 0 fully saturated rings. The lowest BCUT2D eigenvalue weighted by Crippen LogP contribution is -2.26. The number of hydrogen-bond donors (Lipinski definition) is 3. The Hall–Kier alpha value is -2.87. The number of nitrogens with one attached hydrogen (secondary N) is 2. The van der Waals surface area contributed by atoms with Crippen LogP contribution in [0, 0.1) is 27.7 Å². The number of ether oxygens (including phenoxy) is 2. The van der Waals surface area contributed by atoms with Crippen molar-refractivity contribution in [2.75, 3.05) is 7.11 Å². The summed E-state index contributed by atoms with van der Waals surface area (Å²) in [5.74, 6) is -1.69. The molecule has 0 spiro atoms. The highest BCUT2D eigenvalue weighted by Gasteiger charge is 2.29. The molecule has 0 saturated heterocycles. The highest BCUT2D eigenvalue weighted by atomic mass is 16.5. The highest BCUT2D eigenvalue weighted by molar-refractivity contribution is 6.04. The molecule has 2 heterocycles. The van der Waals surface area contributed by atoms with Gasteiger partial charge >= 0.3 is 11.9 Å². The Morgan fingerprint density at radius 3 is 1.96 bits per heavy atom. The van der Waals surface area contributed by atoms with E-state index in [4.69, 9.17) is 9.47 Å². The first-order valence-electron chi connectivity index (χ1n) is 8.90. The van der Waals surface area contributed by atoms with E-state index in [1.54, 1.807) is 34.6 Å². The summed E-state index contributed by atoms with van der Waals surface area (Å²) in [7, 11) is 1.27. The summed E-state index contributed by atoms with van der Waals surface area (Å²) in [4.78, 5) is 43.0. The van der Waals surface area contributed by atoms with Crippen molar-refractivity contribution in [1.29, 1.82) is 0 Å². The molecule has 0 aliphatic carbocycles.